The maximum atomic E-state index is 13.9. The quantitative estimate of drug-likeness (QED) is 0.291. The van der Waals surface area contributed by atoms with Crippen LogP contribution in [0, 0.1) is 24.7 Å². The molecule has 4 aliphatic rings. The lowest BCUT2D eigenvalue weighted by Crippen LogP contribution is -2.39. The Hall–Kier alpha value is -4.23. The van der Waals surface area contributed by atoms with E-state index in [0.29, 0.717) is 40.9 Å². The second kappa shape index (κ2) is 12.0. The highest BCUT2D eigenvalue weighted by atomic mass is 19.4. The topological polar surface area (TPSA) is 92.2 Å². The lowest BCUT2D eigenvalue weighted by molar-refractivity contribution is -0.177. The Morgan fingerprint density at radius 3 is 2.40 bits per heavy atom. The molecular formula is C34H35F6N3O5. The molecule has 2 aliphatic carbocycles. The molecule has 6 atom stereocenters. The van der Waals surface area contributed by atoms with Crippen molar-refractivity contribution in [2.24, 2.45) is 17.8 Å². The molecule has 2 aromatic rings. The smallest absolute Gasteiger partial charge is 0.412 e. The molecule has 0 spiro atoms. The fourth-order valence-corrected chi connectivity index (χ4v) is 7.02. The number of methoxy groups -OCH3 is 1. The number of pyridine rings is 1. The zero-order chi connectivity index (χ0) is 34.9. The molecule has 2 saturated heterocycles. The van der Waals surface area contributed by atoms with E-state index in [4.69, 9.17) is 14.5 Å². The van der Waals surface area contributed by atoms with Crippen molar-refractivity contribution in [3.63, 3.8) is 0 Å². The molecule has 6 rings (SSSR count). The number of rotatable bonds is 8. The molecule has 1 N–H and O–H groups in total. The Kier molecular flexibility index (Phi) is 8.43. The molecule has 258 valence electrons. The number of nitrogens with zero attached hydrogens (tertiary/aromatic N) is 3. The van der Waals surface area contributed by atoms with Crippen molar-refractivity contribution in [2.75, 3.05) is 25.1 Å². The number of benzene rings is 1. The number of cyclic esters (lactones) is 1. The molecule has 1 saturated carbocycles. The van der Waals surface area contributed by atoms with Crippen molar-refractivity contribution in [3.8, 4) is 16.9 Å². The van der Waals surface area contributed by atoms with Crippen LogP contribution in [0.25, 0.3) is 11.1 Å². The number of carbonyl (C=O) groups is 2. The van der Waals surface area contributed by atoms with E-state index in [1.165, 1.54) is 18.9 Å². The van der Waals surface area contributed by atoms with Gasteiger partial charge in [-0.3, -0.25) is 9.69 Å². The van der Waals surface area contributed by atoms with Crippen LogP contribution in [-0.2, 0) is 16.1 Å². The van der Waals surface area contributed by atoms with Gasteiger partial charge in [0.25, 0.3) is 0 Å². The van der Waals surface area contributed by atoms with Gasteiger partial charge in [0.2, 0.25) is 0 Å². The van der Waals surface area contributed by atoms with Crippen molar-refractivity contribution in [1.82, 2.24) is 9.88 Å². The molecular weight excluding hydrogens is 644 g/mol. The number of aliphatic carboxylic acids is 1. The van der Waals surface area contributed by atoms with Crippen LogP contribution < -0.4 is 9.64 Å². The second-order valence-electron chi connectivity index (χ2n) is 13.0. The van der Waals surface area contributed by atoms with Gasteiger partial charge in [0.05, 0.1) is 37.2 Å². The second-order valence-corrected chi connectivity index (χ2v) is 13.0. The number of ether oxygens (including phenoxy) is 2. The number of carboxylic acids is 1. The van der Waals surface area contributed by atoms with Crippen molar-refractivity contribution in [1.29, 1.82) is 0 Å². The summed E-state index contributed by atoms with van der Waals surface area (Å²) in [5.74, 6) is -4.71. The predicted molar refractivity (Wildman–Crippen MR) is 162 cm³/mol. The number of alkyl halides is 6. The summed E-state index contributed by atoms with van der Waals surface area (Å²) in [6.45, 7) is 5.66. The standard InChI is InChI=1S/C34H35F6N3O5/c1-16-10-28(42-8-5-9-42)41-26(29(16)23-11-19(6-7-27(23)47-4)21-14-22(21)31(44)45)15-43-18(3)30(48-32(43)46)20-12-24(33(35,36)37)17(2)25(13-20)34(38,39)40/h6-7,10-13,17-18,21-22,24,30H,5,8-9,14-15H2,1-4H3,(H,44,45)/t17?,18-,21+,22-,24?,30-/m0/s1. The van der Waals surface area contributed by atoms with Gasteiger partial charge in [0.1, 0.15) is 17.7 Å². The van der Waals surface area contributed by atoms with Crippen LogP contribution in [0.1, 0.15) is 49.4 Å². The van der Waals surface area contributed by atoms with E-state index in [1.54, 1.807) is 6.07 Å². The van der Waals surface area contributed by atoms with E-state index in [9.17, 15) is 41.0 Å². The van der Waals surface area contributed by atoms with Gasteiger partial charge >= 0.3 is 24.4 Å². The number of hydrogen-bond donors (Lipinski definition) is 1. The minimum atomic E-state index is -5.01. The highest BCUT2D eigenvalue weighted by Gasteiger charge is 2.52. The van der Waals surface area contributed by atoms with Crippen molar-refractivity contribution in [3.05, 3.63) is 64.4 Å². The summed E-state index contributed by atoms with van der Waals surface area (Å²) in [5.41, 5.74) is 1.55. The molecule has 2 unspecified atom stereocenters. The number of carbonyl (C=O) groups excluding carboxylic acids is 1. The Labute approximate surface area is 273 Å². The number of anilines is 1. The van der Waals surface area contributed by atoms with Crippen LogP contribution in [0.15, 0.2) is 47.6 Å². The van der Waals surface area contributed by atoms with Gasteiger partial charge in [-0.1, -0.05) is 19.1 Å². The third kappa shape index (κ3) is 6.09. The van der Waals surface area contributed by atoms with Gasteiger partial charge in [0.15, 0.2) is 0 Å². The Morgan fingerprint density at radius 1 is 1.12 bits per heavy atom. The van der Waals surface area contributed by atoms with Gasteiger partial charge in [-0.05, 0) is 73.6 Å². The number of amides is 1. The lowest BCUT2D eigenvalue weighted by atomic mass is 9.78. The van der Waals surface area contributed by atoms with Gasteiger partial charge in [-0.2, -0.15) is 26.3 Å². The Bertz CT molecular complexity index is 1700. The van der Waals surface area contributed by atoms with Crippen molar-refractivity contribution in [2.45, 2.75) is 70.6 Å². The molecule has 0 radical (unpaired) electrons. The zero-order valence-electron chi connectivity index (χ0n) is 26.7. The number of allylic oxidation sites excluding steroid dienone is 2. The molecule has 0 bridgehead atoms. The Balaban J connectivity index is 1.39. The minimum Gasteiger partial charge on any atom is -0.496 e. The summed E-state index contributed by atoms with van der Waals surface area (Å²) >= 11 is 0. The van der Waals surface area contributed by atoms with E-state index in [1.807, 2.05) is 25.1 Å². The van der Waals surface area contributed by atoms with E-state index in [-0.39, 0.29) is 18.0 Å². The summed E-state index contributed by atoms with van der Waals surface area (Å²) in [6, 6.07) is 6.37. The zero-order valence-corrected chi connectivity index (χ0v) is 26.7. The predicted octanol–water partition coefficient (Wildman–Crippen LogP) is 7.42. The maximum Gasteiger partial charge on any atom is 0.412 e. The van der Waals surface area contributed by atoms with Crippen molar-refractivity contribution < 1.29 is 50.5 Å². The molecule has 2 aliphatic heterocycles. The number of hydrogen-bond acceptors (Lipinski definition) is 6. The van der Waals surface area contributed by atoms with Crippen LogP contribution in [0.3, 0.4) is 0 Å². The van der Waals surface area contributed by atoms with Crippen LogP contribution in [0.5, 0.6) is 5.75 Å². The summed E-state index contributed by atoms with van der Waals surface area (Å²) in [6.07, 6.45) is -9.40. The molecule has 3 heterocycles. The largest absolute Gasteiger partial charge is 0.496 e. The normalized spacial score (nSPS) is 27.2. The van der Waals surface area contributed by atoms with E-state index in [2.05, 4.69) is 4.90 Å². The summed E-state index contributed by atoms with van der Waals surface area (Å²) < 4.78 is 94.7. The minimum absolute atomic E-state index is 0.162. The first-order valence-corrected chi connectivity index (χ1v) is 15.7. The number of halogens is 6. The lowest BCUT2D eigenvalue weighted by Gasteiger charge is -2.34. The molecule has 1 aromatic carbocycles. The SMILES string of the molecule is COc1ccc([C@H]2C[C@@H]2C(=O)O)cc1-c1c(C)cc(N2CCC2)nc1CN1C(=O)O[C@H](C2=CC(C(F)(F)F)C(C)C(C(F)(F)F)=C2)[C@@H]1C. The highest BCUT2D eigenvalue weighted by Crippen LogP contribution is 2.50. The van der Waals surface area contributed by atoms with Gasteiger partial charge in [-0.25, -0.2) is 9.78 Å². The summed E-state index contributed by atoms with van der Waals surface area (Å²) in [4.78, 5) is 33.2. The molecule has 48 heavy (non-hydrogen) atoms. The highest BCUT2D eigenvalue weighted by molar-refractivity contribution is 5.80. The van der Waals surface area contributed by atoms with Gasteiger partial charge in [-0.15, -0.1) is 0 Å². The van der Waals surface area contributed by atoms with E-state index >= 15 is 0 Å². The average Bonchev–Trinajstić information content (AvgIpc) is 3.73. The molecule has 8 nitrogen and oxygen atoms in total. The first-order chi connectivity index (χ1) is 22.5. The van der Waals surface area contributed by atoms with Crippen LogP contribution in [0.4, 0.5) is 37.0 Å². The van der Waals surface area contributed by atoms with Crippen LogP contribution in [0.2, 0.25) is 0 Å². The third-order valence-corrected chi connectivity index (χ3v) is 9.96. The summed E-state index contributed by atoms with van der Waals surface area (Å²) in [5, 5.41) is 9.51. The molecule has 14 heteroatoms. The number of carboxylic acid groups (broad SMARTS) is 1. The molecule has 1 aromatic heterocycles. The third-order valence-electron chi connectivity index (χ3n) is 9.96. The van der Waals surface area contributed by atoms with E-state index in [0.717, 1.165) is 43.6 Å². The fourth-order valence-electron chi connectivity index (χ4n) is 7.02. The number of aromatic nitrogens is 1. The van der Waals surface area contributed by atoms with Crippen LogP contribution >= 0.6 is 0 Å². The van der Waals surface area contributed by atoms with Gasteiger partial charge < -0.3 is 19.5 Å². The van der Waals surface area contributed by atoms with Gasteiger partial charge in [0, 0.05) is 35.7 Å². The Morgan fingerprint density at radius 2 is 1.83 bits per heavy atom. The van der Waals surface area contributed by atoms with Crippen LogP contribution in [-0.4, -0.2) is 71.8 Å². The number of aryl methyl sites for hydroxylation is 1. The first kappa shape index (κ1) is 33.7. The maximum absolute atomic E-state index is 13.9. The molecule has 3 fully saturated rings. The summed E-state index contributed by atoms with van der Waals surface area (Å²) in [7, 11) is 1.49. The first-order valence-electron chi connectivity index (χ1n) is 15.7. The van der Waals surface area contributed by atoms with E-state index < -0.39 is 59.9 Å². The fraction of sp³-hybridized carbons (Fsp3) is 0.500. The van der Waals surface area contributed by atoms with Crippen molar-refractivity contribution >= 4 is 17.9 Å². The average molecular weight is 680 g/mol. The molecule has 1 amide bonds. The monoisotopic (exact) mass is 679 g/mol.